The maximum Gasteiger partial charge on any atom is 0.243 e. The van der Waals surface area contributed by atoms with Crippen LogP contribution in [0.15, 0.2) is 42.5 Å². The minimum atomic E-state index is -0.637. The molecule has 2 aromatic rings. The van der Waals surface area contributed by atoms with Gasteiger partial charge in [-0.15, -0.1) is 0 Å². The highest BCUT2D eigenvalue weighted by atomic mass is 35.5. The molecule has 1 N–H and O–H groups in total. The average molecular weight is 456 g/mol. The molecule has 0 saturated carbocycles. The molecule has 2 rings (SSSR count). The molecular formula is C22H25Cl3N2O2. The van der Waals surface area contributed by atoms with Crippen molar-refractivity contribution in [3.8, 4) is 0 Å². The zero-order chi connectivity index (χ0) is 21.6. The van der Waals surface area contributed by atoms with Crippen molar-refractivity contribution in [3.63, 3.8) is 0 Å². The van der Waals surface area contributed by atoms with Gasteiger partial charge in [0.05, 0.1) is 6.42 Å². The van der Waals surface area contributed by atoms with E-state index in [0.717, 1.165) is 5.56 Å². The van der Waals surface area contributed by atoms with E-state index < -0.39 is 6.04 Å². The fraction of sp³-hybridized carbons (Fsp3) is 0.364. The van der Waals surface area contributed by atoms with Gasteiger partial charge in [0.25, 0.3) is 0 Å². The molecule has 0 heterocycles. The summed E-state index contributed by atoms with van der Waals surface area (Å²) in [5.74, 6) is -0.446. The molecule has 7 heteroatoms. The molecule has 2 aromatic carbocycles. The predicted molar refractivity (Wildman–Crippen MR) is 120 cm³/mol. The Bertz CT molecular complexity index is 851. The highest BCUT2D eigenvalue weighted by molar-refractivity contribution is 6.36. The predicted octanol–water partition coefficient (Wildman–Crippen LogP) is 5.52. The standard InChI is InChI=1S/C22H25Cl3N2O2/c1-4-20(22(29)26-14(2)3)27(13-15-8-5-6-9-17(15)23)21(28)12-16-18(24)10-7-11-19(16)25/h5-11,14,20H,4,12-13H2,1-3H3,(H,26,29)/t20-/m1/s1. The fourth-order valence-corrected chi connectivity index (χ4v) is 3.79. The Morgan fingerprint density at radius 2 is 1.55 bits per heavy atom. The molecule has 29 heavy (non-hydrogen) atoms. The SMILES string of the molecule is CC[C@H](C(=O)NC(C)C)N(Cc1ccccc1Cl)C(=O)Cc1c(Cl)cccc1Cl. The van der Waals surface area contributed by atoms with Crippen molar-refractivity contribution in [1.29, 1.82) is 0 Å². The largest absolute Gasteiger partial charge is 0.352 e. The van der Waals surface area contributed by atoms with E-state index in [4.69, 9.17) is 34.8 Å². The van der Waals surface area contributed by atoms with Gasteiger partial charge >= 0.3 is 0 Å². The summed E-state index contributed by atoms with van der Waals surface area (Å²) in [6.07, 6.45) is 0.458. The number of hydrogen-bond donors (Lipinski definition) is 1. The second-order valence-electron chi connectivity index (χ2n) is 7.08. The van der Waals surface area contributed by atoms with Crippen molar-refractivity contribution < 1.29 is 9.59 Å². The monoisotopic (exact) mass is 454 g/mol. The van der Waals surface area contributed by atoms with Crippen molar-refractivity contribution in [2.45, 2.75) is 52.2 Å². The highest BCUT2D eigenvalue weighted by Crippen LogP contribution is 2.27. The first-order chi connectivity index (χ1) is 13.7. The van der Waals surface area contributed by atoms with E-state index in [9.17, 15) is 9.59 Å². The molecule has 0 fully saturated rings. The maximum absolute atomic E-state index is 13.3. The molecule has 0 radical (unpaired) electrons. The van der Waals surface area contributed by atoms with Crippen LogP contribution in [0, 0.1) is 0 Å². The quantitative estimate of drug-likeness (QED) is 0.569. The summed E-state index contributed by atoms with van der Waals surface area (Å²) in [7, 11) is 0. The summed E-state index contributed by atoms with van der Waals surface area (Å²) >= 11 is 18.8. The number of benzene rings is 2. The summed E-state index contributed by atoms with van der Waals surface area (Å²) in [5.41, 5.74) is 1.31. The van der Waals surface area contributed by atoms with Gasteiger partial charge in [-0.3, -0.25) is 9.59 Å². The third-order valence-corrected chi connectivity index (χ3v) is 5.58. The third-order valence-electron chi connectivity index (χ3n) is 4.51. The summed E-state index contributed by atoms with van der Waals surface area (Å²) in [6.45, 7) is 5.85. The lowest BCUT2D eigenvalue weighted by Crippen LogP contribution is -2.50. The van der Waals surface area contributed by atoms with Gasteiger partial charge in [0, 0.05) is 27.7 Å². The Hall–Kier alpha value is -1.75. The van der Waals surface area contributed by atoms with Crippen LogP contribution in [0.5, 0.6) is 0 Å². The van der Waals surface area contributed by atoms with Crippen LogP contribution in [0.2, 0.25) is 15.1 Å². The Balaban J connectivity index is 2.38. The number of hydrogen-bond acceptors (Lipinski definition) is 2. The van der Waals surface area contributed by atoms with Crippen LogP contribution in [0.25, 0.3) is 0 Å². The highest BCUT2D eigenvalue weighted by Gasteiger charge is 2.30. The molecule has 0 aliphatic heterocycles. The van der Waals surface area contributed by atoms with Crippen LogP contribution in [0.4, 0.5) is 0 Å². The lowest BCUT2D eigenvalue weighted by Gasteiger charge is -2.31. The lowest BCUT2D eigenvalue weighted by atomic mass is 10.1. The average Bonchev–Trinajstić information content (AvgIpc) is 2.65. The number of rotatable bonds is 8. The summed E-state index contributed by atoms with van der Waals surface area (Å²) in [4.78, 5) is 27.7. The number of carbonyl (C=O) groups excluding carboxylic acids is 2. The van der Waals surface area contributed by atoms with Crippen LogP contribution in [-0.4, -0.2) is 28.8 Å². The van der Waals surface area contributed by atoms with Crippen LogP contribution in [-0.2, 0) is 22.6 Å². The van der Waals surface area contributed by atoms with E-state index in [-0.39, 0.29) is 30.8 Å². The number of nitrogens with zero attached hydrogens (tertiary/aromatic N) is 1. The fourth-order valence-electron chi connectivity index (χ4n) is 3.06. The molecule has 2 amide bonds. The van der Waals surface area contributed by atoms with Crippen molar-refractivity contribution in [2.24, 2.45) is 0 Å². The summed E-state index contributed by atoms with van der Waals surface area (Å²) < 4.78 is 0. The van der Waals surface area contributed by atoms with Crippen LogP contribution >= 0.6 is 34.8 Å². The molecule has 0 aliphatic carbocycles. The summed E-state index contributed by atoms with van der Waals surface area (Å²) in [5, 5.41) is 4.28. The minimum absolute atomic E-state index is 0.00554. The van der Waals surface area contributed by atoms with Gasteiger partial charge in [0.2, 0.25) is 11.8 Å². The van der Waals surface area contributed by atoms with Gasteiger partial charge in [0.15, 0.2) is 0 Å². The van der Waals surface area contributed by atoms with E-state index in [2.05, 4.69) is 5.32 Å². The minimum Gasteiger partial charge on any atom is -0.352 e. The second kappa shape index (κ2) is 10.9. The van der Waals surface area contributed by atoms with Gasteiger partial charge in [-0.05, 0) is 49.6 Å². The normalized spacial score (nSPS) is 12.0. The number of nitrogens with one attached hydrogen (secondary N) is 1. The van der Waals surface area contributed by atoms with Gasteiger partial charge < -0.3 is 10.2 Å². The van der Waals surface area contributed by atoms with Crippen molar-refractivity contribution in [1.82, 2.24) is 10.2 Å². The van der Waals surface area contributed by atoms with Crippen LogP contribution in [0.3, 0.4) is 0 Å². The van der Waals surface area contributed by atoms with Crippen molar-refractivity contribution in [2.75, 3.05) is 0 Å². The molecule has 0 unspecified atom stereocenters. The van der Waals surface area contributed by atoms with E-state index in [1.165, 1.54) is 0 Å². The first kappa shape index (κ1) is 23.5. The number of amides is 2. The molecule has 0 spiro atoms. The number of carbonyl (C=O) groups is 2. The zero-order valence-corrected chi connectivity index (χ0v) is 19.0. The molecule has 0 aliphatic rings. The Labute approximate surface area is 187 Å². The van der Waals surface area contributed by atoms with E-state index in [1.807, 2.05) is 39.0 Å². The topological polar surface area (TPSA) is 49.4 Å². The van der Waals surface area contributed by atoms with Crippen molar-refractivity contribution in [3.05, 3.63) is 68.7 Å². The molecular weight excluding hydrogens is 431 g/mol. The molecule has 1 atom stereocenters. The van der Waals surface area contributed by atoms with E-state index >= 15 is 0 Å². The first-order valence-electron chi connectivity index (χ1n) is 9.50. The van der Waals surface area contributed by atoms with Crippen molar-refractivity contribution >= 4 is 46.6 Å². The van der Waals surface area contributed by atoms with E-state index in [0.29, 0.717) is 27.1 Å². The smallest absolute Gasteiger partial charge is 0.243 e. The van der Waals surface area contributed by atoms with E-state index in [1.54, 1.807) is 29.2 Å². The first-order valence-corrected chi connectivity index (χ1v) is 10.6. The maximum atomic E-state index is 13.3. The lowest BCUT2D eigenvalue weighted by molar-refractivity contribution is -0.141. The van der Waals surface area contributed by atoms with Gasteiger partial charge in [-0.1, -0.05) is 66.0 Å². The molecule has 0 aromatic heterocycles. The second-order valence-corrected chi connectivity index (χ2v) is 8.30. The molecule has 0 bridgehead atoms. The Kier molecular flexibility index (Phi) is 8.81. The summed E-state index contributed by atoms with van der Waals surface area (Å²) in [6, 6.07) is 11.7. The zero-order valence-electron chi connectivity index (χ0n) is 16.7. The van der Waals surface area contributed by atoms with Gasteiger partial charge in [-0.2, -0.15) is 0 Å². The van der Waals surface area contributed by atoms with Gasteiger partial charge in [0.1, 0.15) is 6.04 Å². The Morgan fingerprint density at radius 3 is 2.10 bits per heavy atom. The molecule has 0 saturated heterocycles. The van der Waals surface area contributed by atoms with Crippen LogP contribution in [0.1, 0.15) is 38.3 Å². The molecule has 156 valence electrons. The van der Waals surface area contributed by atoms with Crippen LogP contribution < -0.4 is 5.32 Å². The third kappa shape index (κ3) is 6.36. The Morgan fingerprint density at radius 1 is 0.966 bits per heavy atom. The number of halogens is 3. The van der Waals surface area contributed by atoms with Gasteiger partial charge in [-0.25, -0.2) is 0 Å². The molecule has 4 nitrogen and oxygen atoms in total.